The van der Waals surface area contributed by atoms with Gasteiger partial charge in [0.25, 0.3) is 0 Å². The van der Waals surface area contributed by atoms with E-state index in [9.17, 15) is 0 Å². The smallest absolute Gasteiger partial charge is 0.137 e. The van der Waals surface area contributed by atoms with Crippen LogP contribution in [0.5, 0.6) is 0 Å². The number of imidazole rings is 1. The largest absolute Gasteiger partial charge is 0.345 e. The maximum Gasteiger partial charge on any atom is 0.137 e. The summed E-state index contributed by atoms with van der Waals surface area (Å²) in [5.41, 5.74) is 5.99. The van der Waals surface area contributed by atoms with Crippen molar-refractivity contribution in [2.24, 2.45) is 0 Å². The van der Waals surface area contributed by atoms with Gasteiger partial charge in [-0.1, -0.05) is 82.7 Å². The first kappa shape index (κ1) is 15.9. The van der Waals surface area contributed by atoms with Crippen LogP contribution in [-0.4, -0.2) is 9.97 Å². The predicted octanol–water partition coefficient (Wildman–Crippen LogP) is 6.23. The van der Waals surface area contributed by atoms with Crippen molar-refractivity contribution in [3.05, 3.63) is 102 Å². The van der Waals surface area contributed by atoms with Gasteiger partial charge < -0.3 is 4.98 Å². The molecule has 0 bridgehead atoms. The van der Waals surface area contributed by atoms with Crippen molar-refractivity contribution in [1.29, 1.82) is 0 Å². The fourth-order valence-corrected chi connectivity index (χ4v) is 3.54. The Balaban J connectivity index is 1.68. The summed E-state index contributed by atoms with van der Waals surface area (Å²) in [6.45, 7) is 0. The fraction of sp³-hybridized carbons (Fsp3) is 0.0455. The number of alkyl halides is 1. The number of hydrogen-bond acceptors (Lipinski definition) is 1. The van der Waals surface area contributed by atoms with E-state index in [4.69, 9.17) is 0 Å². The van der Waals surface area contributed by atoms with Crippen molar-refractivity contribution in [3.8, 4) is 22.5 Å². The molecule has 0 amide bonds. The molecule has 0 aliphatic heterocycles. The molecule has 0 saturated heterocycles. The molecule has 0 fully saturated rings. The van der Waals surface area contributed by atoms with E-state index in [1.54, 1.807) is 6.20 Å². The van der Waals surface area contributed by atoms with Gasteiger partial charge in [-0.05, 0) is 34.4 Å². The summed E-state index contributed by atoms with van der Waals surface area (Å²) in [6, 6.07) is 27.6. The van der Waals surface area contributed by atoms with Gasteiger partial charge in [-0.25, -0.2) is 4.98 Å². The van der Waals surface area contributed by atoms with Crippen molar-refractivity contribution >= 4 is 15.9 Å². The number of aromatic amines is 1. The zero-order valence-electron chi connectivity index (χ0n) is 13.6. The van der Waals surface area contributed by atoms with E-state index < -0.39 is 0 Å². The Morgan fingerprint density at radius 1 is 0.720 bits per heavy atom. The normalized spacial score (nSPS) is 12.0. The van der Waals surface area contributed by atoms with E-state index in [1.807, 2.05) is 12.3 Å². The number of H-pyrrole nitrogens is 1. The lowest BCUT2D eigenvalue weighted by atomic mass is 9.98. The van der Waals surface area contributed by atoms with Gasteiger partial charge in [-0.2, -0.15) is 0 Å². The first-order valence-corrected chi connectivity index (χ1v) is 9.12. The highest BCUT2D eigenvalue weighted by Gasteiger charge is 2.12. The predicted molar refractivity (Wildman–Crippen MR) is 107 cm³/mol. The third-order valence-corrected chi connectivity index (χ3v) is 5.29. The summed E-state index contributed by atoms with van der Waals surface area (Å²) in [5, 5.41) is 0. The second-order valence-electron chi connectivity index (χ2n) is 5.92. The summed E-state index contributed by atoms with van der Waals surface area (Å²) in [7, 11) is 0. The van der Waals surface area contributed by atoms with Crippen LogP contribution in [0.25, 0.3) is 22.5 Å². The molecule has 3 heteroatoms. The highest BCUT2D eigenvalue weighted by molar-refractivity contribution is 9.09. The van der Waals surface area contributed by atoms with Crippen LogP contribution in [-0.2, 0) is 0 Å². The van der Waals surface area contributed by atoms with Gasteiger partial charge in [0.05, 0.1) is 4.83 Å². The molecule has 4 rings (SSSR count). The van der Waals surface area contributed by atoms with E-state index in [1.165, 1.54) is 22.3 Å². The number of aromatic nitrogens is 2. The van der Waals surface area contributed by atoms with Crippen molar-refractivity contribution in [3.63, 3.8) is 0 Å². The monoisotopic (exact) mass is 388 g/mol. The van der Waals surface area contributed by atoms with Gasteiger partial charge in [-0.15, -0.1) is 0 Å². The molecular formula is C22H17BrN2. The van der Waals surface area contributed by atoms with E-state index >= 15 is 0 Å². The van der Waals surface area contributed by atoms with Gasteiger partial charge in [0.1, 0.15) is 5.82 Å². The Hall–Kier alpha value is -2.65. The lowest BCUT2D eigenvalue weighted by Crippen LogP contribution is -1.94. The molecule has 25 heavy (non-hydrogen) atoms. The minimum Gasteiger partial charge on any atom is -0.345 e. The Labute approximate surface area is 155 Å². The van der Waals surface area contributed by atoms with Crippen molar-refractivity contribution in [2.45, 2.75) is 4.83 Å². The molecule has 0 aliphatic rings. The van der Waals surface area contributed by atoms with Crippen LogP contribution in [0.1, 0.15) is 16.0 Å². The maximum atomic E-state index is 4.34. The van der Waals surface area contributed by atoms with Crippen molar-refractivity contribution in [2.75, 3.05) is 0 Å². The Bertz CT molecular complexity index is 962. The van der Waals surface area contributed by atoms with Gasteiger partial charge in [0, 0.05) is 18.0 Å². The molecule has 122 valence electrons. The molecular weight excluding hydrogens is 372 g/mol. The average molecular weight is 389 g/mol. The first-order chi connectivity index (χ1) is 12.3. The minimum atomic E-state index is 0.131. The van der Waals surface area contributed by atoms with Gasteiger partial charge in [0.2, 0.25) is 0 Å². The summed E-state index contributed by atoms with van der Waals surface area (Å²) in [5.74, 6) is 0.889. The zero-order chi connectivity index (χ0) is 17.1. The number of nitrogens with zero attached hydrogens (tertiary/aromatic N) is 1. The Morgan fingerprint density at radius 2 is 1.36 bits per heavy atom. The summed E-state index contributed by atoms with van der Waals surface area (Å²) < 4.78 is 0. The van der Waals surface area contributed by atoms with Crippen molar-refractivity contribution < 1.29 is 0 Å². The summed E-state index contributed by atoms with van der Waals surface area (Å²) in [4.78, 5) is 7.64. The lowest BCUT2D eigenvalue weighted by Gasteiger charge is -2.13. The Kier molecular flexibility index (Phi) is 4.49. The Morgan fingerprint density at radius 3 is 2.04 bits per heavy atom. The number of benzene rings is 3. The van der Waals surface area contributed by atoms with Crippen LogP contribution < -0.4 is 0 Å². The lowest BCUT2D eigenvalue weighted by molar-refractivity contribution is 1.17. The number of nitrogens with one attached hydrogen (secondary N) is 1. The molecule has 1 N–H and O–H groups in total. The van der Waals surface area contributed by atoms with E-state index in [-0.39, 0.29) is 4.83 Å². The molecule has 1 aromatic heterocycles. The number of hydrogen-bond donors (Lipinski definition) is 1. The van der Waals surface area contributed by atoms with Crippen LogP contribution in [0.3, 0.4) is 0 Å². The molecule has 1 atom stereocenters. The van der Waals surface area contributed by atoms with E-state index in [0.29, 0.717) is 0 Å². The van der Waals surface area contributed by atoms with Gasteiger partial charge >= 0.3 is 0 Å². The topological polar surface area (TPSA) is 28.7 Å². The molecule has 1 heterocycles. The SMILES string of the molecule is BrC(c1cccc(-c2ccccc2)c1)c1cccc(-c2ncc[nH]2)c1. The molecule has 2 nitrogen and oxygen atoms in total. The maximum absolute atomic E-state index is 4.34. The second kappa shape index (κ2) is 7.08. The van der Waals surface area contributed by atoms with Crippen LogP contribution in [0.4, 0.5) is 0 Å². The third-order valence-electron chi connectivity index (χ3n) is 4.24. The van der Waals surface area contributed by atoms with Crippen LogP contribution >= 0.6 is 15.9 Å². The first-order valence-electron chi connectivity index (χ1n) is 8.20. The summed E-state index contributed by atoms with van der Waals surface area (Å²) in [6.07, 6.45) is 3.62. The standard InChI is InChI=1S/C22H17BrN2/c23-21(19-10-5-11-20(15-19)22-24-12-13-25-22)18-9-4-8-17(14-18)16-6-2-1-3-7-16/h1-15,21H,(H,24,25). The zero-order valence-corrected chi connectivity index (χ0v) is 15.1. The number of rotatable bonds is 4. The van der Waals surface area contributed by atoms with E-state index in [2.05, 4.69) is 98.7 Å². The van der Waals surface area contributed by atoms with Crippen LogP contribution in [0.15, 0.2) is 91.3 Å². The second-order valence-corrected chi connectivity index (χ2v) is 6.83. The highest BCUT2D eigenvalue weighted by atomic mass is 79.9. The molecule has 1 unspecified atom stereocenters. The number of halogens is 1. The quantitative estimate of drug-likeness (QED) is 0.412. The van der Waals surface area contributed by atoms with Crippen LogP contribution in [0.2, 0.25) is 0 Å². The molecule has 3 aromatic carbocycles. The minimum absolute atomic E-state index is 0.131. The van der Waals surface area contributed by atoms with Crippen LogP contribution in [0, 0.1) is 0 Å². The molecule has 0 spiro atoms. The van der Waals surface area contributed by atoms with Gasteiger partial charge in [0.15, 0.2) is 0 Å². The third kappa shape index (κ3) is 3.42. The molecule has 0 radical (unpaired) electrons. The molecule has 0 saturated carbocycles. The highest BCUT2D eigenvalue weighted by Crippen LogP contribution is 2.34. The van der Waals surface area contributed by atoms with E-state index in [0.717, 1.165) is 11.4 Å². The average Bonchev–Trinajstić information content (AvgIpc) is 3.23. The molecule has 0 aliphatic carbocycles. The fourth-order valence-electron chi connectivity index (χ4n) is 2.97. The molecule has 4 aromatic rings. The van der Waals surface area contributed by atoms with Gasteiger partial charge in [-0.3, -0.25) is 0 Å². The van der Waals surface area contributed by atoms with Crippen molar-refractivity contribution in [1.82, 2.24) is 9.97 Å². The summed E-state index contributed by atoms with van der Waals surface area (Å²) >= 11 is 3.87.